The van der Waals surface area contributed by atoms with Crippen LogP contribution in [0.1, 0.15) is 27.6 Å². The highest BCUT2D eigenvalue weighted by atomic mass is 35.5. The van der Waals surface area contributed by atoms with E-state index in [2.05, 4.69) is 17.1 Å². The molecule has 0 aromatic heterocycles. The van der Waals surface area contributed by atoms with Crippen molar-refractivity contribution in [1.82, 2.24) is 0 Å². The molecule has 2 aromatic carbocycles. The number of nitrogens with zero attached hydrogens (tertiary/aromatic N) is 1. The summed E-state index contributed by atoms with van der Waals surface area (Å²) in [4.78, 5) is 28.5. The van der Waals surface area contributed by atoms with E-state index in [4.69, 9.17) is 16.3 Å². The number of nitrogens with one attached hydrogen (secondary N) is 2. The number of benzene rings is 2. The third-order valence-corrected chi connectivity index (χ3v) is 5.34. The maximum absolute atomic E-state index is 12.7. The number of anilines is 2. The number of carbonyl (C=O) groups excluding carboxylic acids is 2. The molecule has 3 rings (SSSR count). The lowest BCUT2D eigenvalue weighted by Gasteiger charge is -2.34. The summed E-state index contributed by atoms with van der Waals surface area (Å²) in [7, 11) is 1.34. The SMILES string of the molecule is CC[NH+]1CCN(c2ccc(C(=O)OC)cc2NC(=O)c2ccc(Cl)cc2)CC1. The van der Waals surface area contributed by atoms with Crippen LogP contribution in [-0.2, 0) is 4.74 Å². The molecular weight excluding hydrogens is 378 g/mol. The highest BCUT2D eigenvalue weighted by molar-refractivity contribution is 6.30. The highest BCUT2D eigenvalue weighted by Crippen LogP contribution is 2.28. The summed E-state index contributed by atoms with van der Waals surface area (Å²) < 4.78 is 4.82. The van der Waals surface area contributed by atoms with Gasteiger partial charge in [-0.25, -0.2) is 4.79 Å². The van der Waals surface area contributed by atoms with E-state index in [-0.39, 0.29) is 5.91 Å². The number of piperazine rings is 1. The van der Waals surface area contributed by atoms with Crippen molar-refractivity contribution >= 4 is 34.9 Å². The molecule has 0 atom stereocenters. The van der Waals surface area contributed by atoms with Crippen LogP contribution in [0.3, 0.4) is 0 Å². The lowest BCUT2D eigenvalue weighted by molar-refractivity contribution is -0.898. The molecule has 1 saturated heterocycles. The van der Waals surface area contributed by atoms with Crippen LogP contribution in [0.5, 0.6) is 0 Å². The molecule has 2 aromatic rings. The number of methoxy groups -OCH3 is 1. The predicted molar refractivity (Wildman–Crippen MR) is 111 cm³/mol. The van der Waals surface area contributed by atoms with Crippen molar-refractivity contribution < 1.29 is 19.2 Å². The van der Waals surface area contributed by atoms with Gasteiger partial charge in [0.05, 0.1) is 56.8 Å². The lowest BCUT2D eigenvalue weighted by atomic mass is 10.1. The van der Waals surface area contributed by atoms with Crippen molar-refractivity contribution in [3.05, 3.63) is 58.6 Å². The molecule has 0 spiro atoms. The maximum Gasteiger partial charge on any atom is 0.337 e. The van der Waals surface area contributed by atoms with E-state index in [1.54, 1.807) is 41.3 Å². The number of carbonyl (C=O) groups is 2. The highest BCUT2D eigenvalue weighted by Gasteiger charge is 2.22. The monoisotopic (exact) mass is 402 g/mol. The van der Waals surface area contributed by atoms with Gasteiger partial charge in [-0.3, -0.25) is 4.79 Å². The fourth-order valence-electron chi connectivity index (χ4n) is 3.37. The number of quaternary nitrogens is 1. The number of amides is 1. The average molecular weight is 403 g/mol. The summed E-state index contributed by atoms with van der Waals surface area (Å²) in [5.41, 5.74) is 2.41. The van der Waals surface area contributed by atoms with Gasteiger partial charge in [-0.1, -0.05) is 11.6 Å². The molecule has 1 aliphatic heterocycles. The Morgan fingerprint density at radius 1 is 1.11 bits per heavy atom. The summed E-state index contributed by atoms with van der Waals surface area (Å²) in [5.74, 6) is -0.688. The molecule has 0 radical (unpaired) electrons. The van der Waals surface area contributed by atoms with E-state index in [0.717, 1.165) is 38.4 Å². The van der Waals surface area contributed by atoms with Gasteiger partial charge in [0, 0.05) is 10.6 Å². The van der Waals surface area contributed by atoms with Crippen molar-refractivity contribution in [2.75, 3.05) is 50.1 Å². The van der Waals surface area contributed by atoms with Gasteiger partial charge < -0.3 is 19.9 Å². The molecule has 1 aliphatic rings. The molecule has 0 bridgehead atoms. The van der Waals surface area contributed by atoms with Crippen LogP contribution in [0.4, 0.5) is 11.4 Å². The molecule has 28 heavy (non-hydrogen) atoms. The van der Waals surface area contributed by atoms with E-state index in [1.807, 2.05) is 6.07 Å². The molecule has 1 fully saturated rings. The molecule has 0 saturated carbocycles. The summed E-state index contributed by atoms with van der Waals surface area (Å²) in [6, 6.07) is 12.0. The number of rotatable bonds is 5. The maximum atomic E-state index is 12.7. The fourth-order valence-corrected chi connectivity index (χ4v) is 3.50. The molecule has 0 aliphatic carbocycles. The predicted octanol–water partition coefficient (Wildman–Crippen LogP) is 2.10. The second-order valence-electron chi connectivity index (χ2n) is 6.78. The molecular formula is C21H25ClN3O3+. The number of ether oxygens (including phenoxy) is 1. The molecule has 148 valence electrons. The number of hydrogen-bond acceptors (Lipinski definition) is 4. The van der Waals surface area contributed by atoms with Crippen molar-refractivity contribution in [2.45, 2.75) is 6.92 Å². The number of halogens is 1. The first-order valence-electron chi connectivity index (χ1n) is 9.39. The Morgan fingerprint density at radius 2 is 1.75 bits per heavy atom. The Labute approximate surface area is 170 Å². The van der Waals surface area contributed by atoms with Crippen LogP contribution in [0.15, 0.2) is 42.5 Å². The molecule has 2 N–H and O–H groups in total. The molecule has 1 amide bonds. The second-order valence-corrected chi connectivity index (χ2v) is 7.21. The Hall–Kier alpha value is -2.57. The normalized spacial score (nSPS) is 14.6. The van der Waals surface area contributed by atoms with Gasteiger partial charge in [-0.05, 0) is 49.4 Å². The van der Waals surface area contributed by atoms with Crippen molar-refractivity contribution in [2.24, 2.45) is 0 Å². The number of esters is 1. The number of likely N-dealkylation sites (N-methyl/N-ethyl adjacent to an activating group) is 1. The first-order chi connectivity index (χ1) is 13.5. The van der Waals surface area contributed by atoms with Crippen LogP contribution in [0, 0.1) is 0 Å². The van der Waals surface area contributed by atoms with Gasteiger partial charge in [0.2, 0.25) is 0 Å². The topological polar surface area (TPSA) is 63.1 Å². The van der Waals surface area contributed by atoms with Crippen molar-refractivity contribution in [3.63, 3.8) is 0 Å². The third-order valence-electron chi connectivity index (χ3n) is 5.08. The largest absolute Gasteiger partial charge is 0.465 e. The first-order valence-corrected chi connectivity index (χ1v) is 9.77. The Bertz CT molecular complexity index is 846. The molecule has 1 heterocycles. The number of hydrogen-bond donors (Lipinski definition) is 2. The summed E-state index contributed by atoms with van der Waals surface area (Å²) in [6.07, 6.45) is 0. The quantitative estimate of drug-likeness (QED) is 0.752. The van der Waals surface area contributed by atoms with Crippen LogP contribution in [-0.4, -0.2) is 51.7 Å². The minimum absolute atomic E-state index is 0.252. The third kappa shape index (κ3) is 4.64. The first kappa shape index (κ1) is 20.2. The second kappa shape index (κ2) is 9.08. The van der Waals surface area contributed by atoms with E-state index in [1.165, 1.54) is 7.11 Å². The Balaban J connectivity index is 1.88. The molecule has 0 unspecified atom stereocenters. The summed E-state index contributed by atoms with van der Waals surface area (Å²) in [5, 5.41) is 3.52. The average Bonchev–Trinajstić information content (AvgIpc) is 2.73. The summed E-state index contributed by atoms with van der Waals surface area (Å²) in [6.45, 7) is 7.16. The molecule has 7 heteroatoms. The lowest BCUT2D eigenvalue weighted by Crippen LogP contribution is -3.14. The van der Waals surface area contributed by atoms with E-state index in [0.29, 0.717) is 21.8 Å². The van der Waals surface area contributed by atoms with Gasteiger partial charge in [0.25, 0.3) is 5.91 Å². The van der Waals surface area contributed by atoms with Gasteiger partial charge in [0.15, 0.2) is 0 Å². The fraction of sp³-hybridized carbons (Fsp3) is 0.333. The van der Waals surface area contributed by atoms with Gasteiger partial charge >= 0.3 is 5.97 Å². The van der Waals surface area contributed by atoms with E-state index >= 15 is 0 Å². The van der Waals surface area contributed by atoms with E-state index in [9.17, 15) is 9.59 Å². The van der Waals surface area contributed by atoms with Crippen LogP contribution in [0.2, 0.25) is 5.02 Å². The van der Waals surface area contributed by atoms with Crippen LogP contribution >= 0.6 is 11.6 Å². The minimum Gasteiger partial charge on any atom is -0.465 e. The van der Waals surface area contributed by atoms with Crippen LogP contribution < -0.4 is 15.1 Å². The Kier molecular flexibility index (Phi) is 6.54. The van der Waals surface area contributed by atoms with Gasteiger partial charge in [0.1, 0.15) is 0 Å². The van der Waals surface area contributed by atoms with Crippen molar-refractivity contribution in [3.8, 4) is 0 Å². The zero-order chi connectivity index (χ0) is 20.1. The summed E-state index contributed by atoms with van der Waals surface area (Å²) >= 11 is 5.91. The standard InChI is InChI=1S/C21H24ClN3O3/c1-3-24-10-12-25(13-11-24)19-9-6-16(21(27)28-2)14-18(19)23-20(26)15-4-7-17(22)8-5-15/h4-9,14H,3,10-13H2,1-2H3,(H,23,26)/p+1. The molecule has 6 nitrogen and oxygen atoms in total. The zero-order valence-corrected chi connectivity index (χ0v) is 16.9. The minimum atomic E-state index is -0.436. The Morgan fingerprint density at radius 3 is 2.36 bits per heavy atom. The zero-order valence-electron chi connectivity index (χ0n) is 16.1. The van der Waals surface area contributed by atoms with E-state index < -0.39 is 5.97 Å². The van der Waals surface area contributed by atoms with Crippen LogP contribution in [0.25, 0.3) is 0 Å². The van der Waals surface area contributed by atoms with Gasteiger partial charge in [-0.2, -0.15) is 0 Å². The smallest absolute Gasteiger partial charge is 0.337 e. The van der Waals surface area contributed by atoms with Gasteiger partial charge in [-0.15, -0.1) is 0 Å². The van der Waals surface area contributed by atoms with Crippen molar-refractivity contribution in [1.29, 1.82) is 0 Å².